The van der Waals surface area contributed by atoms with E-state index in [9.17, 15) is 5.11 Å². The molecule has 0 radical (unpaired) electrons. The number of aryl methyl sites for hydroxylation is 1. The minimum atomic E-state index is 0. The van der Waals surface area contributed by atoms with Gasteiger partial charge in [0, 0.05) is 17.5 Å². The lowest BCUT2D eigenvalue weighted by molar-refractivity contribution is -0.509. The van der Waals surface area contributed by atoms with Crippen molar-refractivity contribution in [2.45, 2.75) is 6.92 Å². The summed E-state index contributed by atoms with van der Waals surface area (Å²) in [5.41, 5.74) is 1.90. The lowest BCUT2D eigenvalue weighted by atomic mass is 10.0. The van der Waals surface area contributed by atoms with E-state index >= 15 is 0 Å². The van der Waals surface area contributed by atoms with Crippen LogP contribution in [0.15, 0.2) is 42.7 Å². The second-order valence-corrected chi connectivity index (χ2v) is 6.25. The van der Waals surface area contributed by atoms with Crippen molar-refractivity contribution in [2.24, 2.45) is 0 Å². The van der Waals surface area contributed by atoms with Gasteiger partial charge >= 0.3 is 0 Å². The molecule has 2 aromatic carbocycles. The number of ether oxygens (including phenoxy) is 3. The Hall–Kier alpha value is -2.92. The highest BCUT2D eigenvalue weighted by Gasteiger charge is 2.20. The Bertz CT molecular complexity index is 1190. The van der Waals surface area contributed by atoms with Gasteiger partial charge in [-0.3, -0.25) is 0 Å². The zero-order valence-corrected chi connectivity index (χ0v) is 15.0. The molecular weight excluding hydrogens is 354 g/mol. The third-order valence-corrected chi connectivity index (χ3v) is 4.79. The number of aromatic nitrogens is 1. The number of methoxy groups -OCH3 is 1. The fourth-order valence-electron chi connectivity index (χ4n) is 3.61. The lowest BCUT2D eigenvalue weighted by Gasteiger charge is -2.10. The number of halogens is 1. The van der Waals surface area contributed by atoms with Gasteiger partial charge in [-0.2, -0.15) is 4.40 Å². The van der Waals surface area contributed by atoms with E-state index in [0.29, 0.717) is 0 Å². The van der Waals surface area contributed by atoms with Crippen LogP contribution in [0.4, 0.5) is 0 Å². The number of rotatable bonds is 1. The molecule has 0 bridgehead atoms. The SMILES string of the molecule is COc1c(C)cc(O)c2c[n+]3ccc4cc5c(cc4c3cc12)OCO5.[Cl-]. The van der Waals surface area contributed by atoms with E-state index in [2.05, 4.69) is 0 Å². The highest BCUT2D eigenvalue weighted by Crippen LogP contribution is 2.39. The van der Waals surface area contributed by atoms with E-state index in [0.717, 1.165) is 49.9 Å². The summed E-state index contributed by atoms with van der Waals surface area (Å²) >= 11 is 0. The molecule has 0 atom stereocenters. The fourth-order valence-corrected chi connectivity index (χ4v) is 3.61. The van der Waals surface area contributed by atoms with Gasteiger partial charge in [-0.1, -0.05) is 0 Å². The molecule has 1 N–H and O–H groups in total. The predicted molar refractivity (Wildman–Crippen MR) is 93.7 cm³/mol. The number of nitrogens with zero attached hydrogens (tertiary/aromatic N) is 1. The molecule has 0 amide bonds. The smallest absolute Gasteiger partial charge is 0.231 e. The highest BCUT2D eigenvalue weighted by atomic mass is 35.5. The van der Waals surface area contributed by atoms with Gasteiger partial charge in [0.25, 0.3) is 0 Å². The number of hydrogen-bond acceptors (Lipinski definition) is 4. The van der Waals surface area contributed by atoms with Crippen LogP contribution in [0.2, 0.25) is 0 Å². The first-order valence-electron chi connectivity index (χ1n) is 8.03. The molecule has 5 rings (SSSR count). The molecule has 132 valence electrons. The van der Waals surface area contributed by atoms with Crippen LogP contribution in [0.1, 0.15) is 5.56 Å². The van der Waals surface area contributed by atoms with Gasteiger partial charge in [-0.15, -0.1) is 0 Å². The largest absolute Gasteiger partial charge is 1.00 e. The molecule has 0 fully saturated rings. The summed E-state index contributed by atoms with van der Waals surface area (Å²) in [7, 11) is 1.65. The molecule has 5 nitrogen and oxygen atoms in total. The Morgan fingerprint density at radius 1 is 1.04 bits per heavy atom. The standard InChI is InChI=1S/C20H15NO4.ClH/c1-11-5-17(22)15-9-21-4-3-12-6-18-19(25-10-24-18)8-13(12)16(21)7-14(15)20(11)23-2;/h3-9H,10H2,1-2H3;1H. The highest BCUT2D eigenvalue weighted by molar-refractivity contribution is 6.01. The van der Waals surface area contributed by atoms with Crippen LogP contribution in [0.3, 0.4) is 0 Å². The number of hydrogen-bond donors (Lipinski definition) is 1. The summed E-state index contributed by atoms with van der Waals surface area (Å²) < 4.78 is 18.6. The van der Waals surface area contributed by atoms with Crippen LogP contribution in [0.25, 0.3) is 27.1 Å². The Balaban J connectivity index is 0.00000168. The van der Waals surface area contributed by atoms with Gasteiger partial charge in [-0.25, -0.2) is 0 Å². The summed E-state index contributed by atoms with van der Waals surface area (Å²) in [6, 6.07) is 9.80. The molecule has 0 unspecified atom stereocenters. The van der Waals surface area contributed by atoms with Gasteiger partial charge in [0.05, 0.1) is 17.9 Å². The minimum absolute atomic E-state index is 0. The Labute approximate surface area is 155 Å². The molecule has 2 aromatic heterocycles. The van der Waals surface area contributed by atoms with Gasteiger partial charge in [-0.05, 0) is 36.1 Å². The molecule has 26 heavy (non-hydrogen) atoms. The Morgan fingerprint density at radius 2 is 1.81 bits per heavy atom. The van der Waals surface area contributed by atoms with E-state index in [4.69, 9.17) is 14.2 Å². The van der Waals surface area contributed by atoms with Crippen molar-refractivity contribution >= 4 is 27.1 Å². The van der Waals surface area contributed by atoms with Crippen LogP contribution in [0.5, 0.6) is 23.0 Å². The maximum atomic E-state index is 10.4. The van der Waals surface area contributed by atoms with Crippen LogP contribution in [-0.2, 0) is 0 Å². The van der Waals surface area contributed by atoms with E-state index in [1.165, 1.54) is 0 Å². The topological polar surface area (TPSA) is 52.0 Å². The number of phenolic OH excluding ortho intramolecular Hbond substituents is 1. The second kappa shape index (κ2) is 5.81. The number of pyridine rings is 2. The zero-order valence-electron chi connectivity index (χ0n) is 14.2. The van der Waals surface area contributed by atoms with Crippen LogP contribution in [-0.4, -0.2) is 19.0 Å². The zero-order chi connectivity index (χ0) is 17.1. The fraction of sp³-hybridized carbons (Fsp3) is 0.150. The number of fused-ring (bicyclic) bond motifs is 5. The van der Waals surface area contributed by atoms with E-state index in [1.54, 1.807) is 13.2 Å². The van der Waals surface area contributed by atoms with Crippen molar-refractivity contribution in [1.82, 2.24) is 0 Å². The third kappa shape index (κ3) is 2.21. The third-order valence-electron chi connectivity index (χ3n) is 4.79. The minimum Gasteiger partial charge on any atom is -1.00 e. The molecule has 0 aliphatic carbocycles. The van der Waals surface area contributed by atoms with Crippen molar-refractivity contribution in [3.63, 3.8) is 0 Å². The monoisotopic (exact) mass is 369 g/mol. The first kappa shape index (κ1) is 16.5. The van der Waals surface area contributed by atoms with Gasteiger partial charge in [0.15, 0.2) is 23.9 Å². The maximum Gasteiger partial charge on any atom is 0.231 e. The summed E-state index contributed by atoms with van der Waals surface area (Å²) in [6.45, 7) is 2.18. The van der Waals surface area contributed by atoms with Crippen molar-refractivity contribution in [2.75, 3.05) is 13.9 Å². The molecule has 6 heteroatoms. The molecule has 3 heterocycles. The predicted octanol–water partition coefficient (Wildman–Crippen LogP) is 0.487. The van der Waals surface area contributed by atoms with Gasteiger partial charge in [0.2, 0.25) is 12.3 Å². The van der Waals surface area contributed by atoms with E-state index in [-0.39, 0.29) is 24.9 Å². The molecular formula is C20H16ClNO4. The Morgan fingerprint density at radius 3 is 2.58 bits per heavy atom. The van der Waals surface area contributed by atoms with Crippen molar-refractivity contribution < 1.29 is 36.1 Å². The second-order valence-electron chi connectivity index (χ2n) is 6.25. The summed E-state index contributed by atoms with van der Waals surface area (Å²) in [5.74, 6) is 2.53. The van der Waals surface area contributed by atoms with Crippen LogP contribution >= 0.6 is 0 Å². The molecule has 0 saturated carbocycles. The first-order valence-corrected chi connectivity index (χ1v) is 8.03. The van der Waals surface area contributed by atoms with Gasteiger partial charge in [0.1, 0.15) is 11.5 Å². The van der Waals surface area contributed by atoms with Crippen molar-refractivity contribution in [3.05, 3.63) is 48.3 Å². The summed E-state index contributed by atoms with van der Waals surface area (Å²) in [5, 5.41) is 14.1. The van der Waals surface area contributed by atoms with Gasteiger partial charge < -0.3 is 31.7 Å². The van der Waals surface area contributed by atoms with Crippen LogP contribution in [0, 0.1) is 6.92 Å². The van der Waals surface area contributed by atoms with Crippen molar-refractivity contribution in [1.29, 1.82) is 0 Å². The maximum absolute atomic E-state index is 10.4. The average Bonchev–Trinajstić information content (AvgIpc) is 3.06. The van der Waals surface area contributed by atoms with E-state index < -0.39 is 0 Å². The Kier molecular flexibility index (Phi) is 3.70. The molecule has 4 aromatic rings. The molecule has 0 spiro atoms. The summed E-state index contributed by atoms with van der Waals surface area (Å²) in [4.78, 5) is 0. The molecule has 1 aliphatic heterocycles. The quantitative estimate of drug-likeness (QED) is 0.301. The lowest BCUT2D eigenvalue weighted by Crippen LogP contribution is -3.00. The first-order chi connectivity index (χ1) is 12.2. The number of benzene rings is 2. The van der Waals surface area contributed by atoms with Crippen LogP contribution < -0.4 is 31.0 Å². The normalized spacial score (nSPS) is 12.5. The number of phenols is 1. The average molecular weight is 370 g/mol. The van der Waals surface area contributed by atoms with E-state index in [1.807, 2.05) is 48.0 Å². The molecule has 0 saturated heterocycles. The van der Waals surface area contributed by atoms with Crippen molar-refractivity contribution in [3.8, 4) is 23.0 Å². The number of aromatic hydroxyl groups is 1. The summed E-state index contributed by atoms with van der Waals surface area (Å²) in [6.07, 6.45) is 3.90. The molecule has 1 aliphatic rings.